The molecule has 0 aromatic heterocycles. The van der Waals surface area contributed by atoms with Crippen LogP contribution in [0.3, 0.4) is 0 Å². The Bertz CT molecular complexity index is 430. The van der Waals surface area contributed by atoms with E-state index in [-0.39, 0.29) is 24.1 Å². The van der Waals surface area contributed by atoms with Gasteiger partial charge in [0, 0.05) is 19.5 Å². The molecule has 0 bridgehead atoms. The van der Waals surface area contributed by atoms with Gasteiger partial charge < -0.3 is 15.4 Å². The predicted molar refractivity (Wildman–Crippen MR) is 84.7 cm³/mol. The Labute approximate surface area is 131 Å². The molecule has 2 N–H and O–H groups in total. The van der Waals surface area contributed by atoms with E-state index in [1.165, 1.54) is 13.2 Å². The first-order valence-electron chi connectivity index (χ1n) is 6.97. The second-order valence-corrected chi connectivity index (χ2v) is 4.57. The van der Waals surface area contributed by atoms with Crippen LogP contribution in [0.15, 0.2) is 18.2 Å². The number of rotatable bonds is 9. The van der Waals surface area contributed by atoms with E-state index in [0.29, 0.717) is 19.4 Å². The highest BCUT2D eigenvalue weighted by Crippen LogP contribution is 2.18. The molecule has 0 radical (unpaired) electrons. The van der Waals surface area contributed by atoms with Crippen LogP contribution in [0.25, 0.3) is 0 Å². The van der Waals surface area contributed by atoms with Crippen LogP contribution in [0.2, 0.25) is 0 Å². The highest BCUT2D eigenvalue weighted by atomic mass is 35.5. The van der Waals surface area contributed by atoms with Crippen LogP contribution in [0.4, 0.5) is 4.39 Å². The fourth-order valence-corrected chi connectivity index (χ4v) is 1.80. The van der Waals surface area contributed by atoms with E-state index in [4.69, 9.17) is 4.74 Å². The van der Waals surface area contributed by atoms with E-state index >= 15 is 0 Å². The average Bonchev–Trinajstić information content (AvgIpc) is 2.45. The third kappa shape index (κ3) is 7.87. The number of hydrogen-bond acceptors (Lipinski definition) is 3. The predicted octanol–water partition coefficient (Wildman–Crippen LogP) is 2.30. The molecule has 120 valence electrons. The molecular formula is C15H24ClFN2O2. The molecule has 1 amide bonds. The van der Waals surface area contributed by atoms with Crippen molar-refractivity contribution in [2.45, 2.75) is 26.2 Å². The fraction of sp³-hybridized carbons (Fsp3) is 0.533. The van der Waals surface area contributed by atoms with Crippen molar-refractivity contribution in [1.29, 1.82) is 0 Å². The summed E-state index contributed by atoms with van der Waals surface area (Å²) in [6.07, 6.45) is 1.96. The molecule has 0 unspecified atom stereocenters. The van der Waals surface area contributed by atoms with Gasteiger partial charge in [0.1, 0.15) is 0 Å². The van der Waals surface area contributed by atoms with Gasteiger partial charge in [-0.05, 0) is 37.1 Å². The molecule has 1 aromatic carbocycles. The molecule has 1 rings (SSSR count). The maximum Gasteiger partial charge on any atom is 0.220 e. The van der Waals surface area contributed by atoms with E-state index in [0.717, 1.165) is 25.1 Å². The van der Waals surface area contributed by atoms with Gasteiger partial charge >= 0.3 is 0 Å². The van der Waals surface area contributed by atoms with Crippen molar-refractivity contribution in [2.75, 3.05) is 26.7 Å². The SMILES string of the molecule is CCCNCCNC(=O)CCc1ccc(OC)c(F)c1.Cl. The van der Waals surface area contributed by atoms with Crippen molar-refractivity contribution in [3.05, 3.63) is 29.6 Å². The molecule has 0 heterocycles. The van der Waals surface area contributed by atoms with Crippen LogP contribution in [-0.2, 0) is 11.2 Å². The molecule has 0 aliphatic heterocycles. The van der Waals surface area contributed by atoms with Crippen molar-refractivity contribution in [3.8, 4) is 5.75 Å². The van der Waals surface area contributed by atoms with Gasteiger partial charge in [-0.25, -0.2) is 4.39 Å². The van der Waals surface area contributed by atoms with E-state index in [9.17, 15) is 9.18 Å². The molecule has 0 aliphatic carbocycles. The van der Waals surface area contributed by atoms with Crippen LogP contribution in [0.5, 0.6) is 5.75 Å². The van der Waals surface area contributed by atoms with Crippen LogP contribution in [0, 0.1) is 5.82 Å². The fourth-order valence-electron chi connectivity index (χ4n) is 1.80. The first-order chi connectivity index (χ1) is 9.67. The maximum absolute atomic E-state index is 13.5. The molecule has 6 heteroatoms. The second kappa shape index (κ2) is 11.3. The van der Waals surface area contributed by atoms with Crippen LogP contribution < -0.4 is 15.4 Å². The lowest BCUT2D eigenvalue weighted by atomic mass is 10.1. The smallest absolute Gasteiger partial charge is 0.220 e. The Balaban J connectivity index is 0.00000400. The number of aryl methyl sites for hydroxylation is 1. The summed E-state index contributed by atoms with van der Waals surface area (Å²) in [5.74, 6) is -0.186. The van der Waals surface area contributed by atoms with Gasteiger partial charge in [-0.1, -0.05) is 13.0 Å². The highest BCUT2D eigenvalue weighted by Gasteiger charge is 2.06. The van der Waals surface area contributed by atoms with Crippen LogP contribution >= 0.6 is 12.4 Å². The van der Waals surface area contributed by atoms with Gasteiger partial charge in [0.2, 0.25) is 5.91 Å². The summed E-state index contributed by atoms with van der Waals surface area (Å²) in [6, 6.07) is 4.77. The number of hydrogen-bond donors (Lipinski definition) is 2. The summed E-state index contributed by atoms with van der Waals surface area (Å²) in [5.41, 5.74) is 0.794. The summed E-state index contributed by atoms with van der Waals surface area (Å²) in [4.78, 5) is 11.6. The summed E-state index contributed by atoms with van der Waals surface area (Å²) in [5, 5.41) is 6.04. The standard InChI is InChI=1S/C15H23FN2O2.ClH/c1-3-8-17-9-10-18-15(19)7-5-12-4-6-14(20-2)13(16)11-12;/h4,6,11,17H,3,5,7-10H2,1-2H3,(H,18,19);1H. The third-order valence-corrected chi connectivity index (χ3v) is 2.91. The van der Waals surface area contributed by atoms with Gasteiger partial charge in [0.25, 0.3) is 0 Å². The molecule has 21 heavy (non-hydrogen) atoms. The molecule has 0 saturated heterocycles. The van der Waals surface area contributed by atoms with Gasteiger partial charge in [0.15, 0.2) is 11.6 Å². The monoisotopic (exact) mass is 318 g/mol. The maximum atomic E-state index is 13.5. The molecule has 0 fully saturated rings. The zero-order valence-corrected chi connectivity index (χ0v) is 13.4. The number of halogens is 2. The molecular weight excluding hydrogens is 295 g/mol. The average molecular weight is 319 g/mol. The molecule has 0 saturated carbocycles. The first-order valence-corrected chi connectivity index (χ1v) is 6.97. The Kier molecular flexibility index (Phi) is 10.6. The van der Waals surface area contributed by atoms with E-state index in [1.54, 1.807) is 12.1 Å². The number of amides is 1. The van der Waals surface area contributed by atoms with Crippen molar-refractivity contribution in [3.63, 3.8) is 0 Å². The lowest BCUT2D eigenvalue weighted by Crippen LogP contribution is -2.32. The van der Waals surface area contributed by atoms with Gasteiger partial charge in [-0.15, -0.1) is 12.4 Å². The van der Waals surface area contributed by atoms with Crippen molar-refractivity contribution in [2.24, 2.45) is 0 Å². The molecule has 0 atom stereocenters. The van der Waals surface area contributed by atoms with Crippen molar-refractivity contribution < 1.29 is 13.9 Å². The van der Waals surface area contributed by atoms with Crippen molar-refractivity contribution >= 4 is 18.3 Å². The minimum atomic E-state index is -0.394. The van der Waals surface area contributed by atoms with Crippen LogP contribution in [0.1, 0.15) is 25.3 Å². The van der Waals surface area contributed by atoms with Gasteiger partial charge in [-0.2, -0.15) is 0 Å². The van der Waals surface area contributed by atoms with E-state index < -0.39 is 5.82 Å². The van der Waals surface area contributed by atoms with Crippen molar-refractivity contribution in [1.82, 2.24) is 10.6 Å². The highest BCUT2D eigenvalue weighted by molar-refractivity contribution is 5.85. The molecule has 1 aromatic rings. The summed E-state index contributed by atoms with van der Waals surface area (Å²) < 4.78 is 18.3. The van der Waals surface area contributed by atoms with E-state index in [2.05, 4.69) is 17.6 Å². The van der Waals surface area contributed by atoms with Gasteiger partial charge in [0.05, 0.1) is 7.11 Å². The Morgan fingerprint density at radius 3 is 2.67 bits per heavy atom. The number of ether oxygens (including phenoxy) is 1. The normalized spacial score (nSPS) is 9.86. The van der Waals surface area contributed by atoms with Crippen LogP contribution in [-0.4, -0.2) is 32.7 Å². The van der Waals surface area contributed by atoms with E-state index in [1.807, 2.05) is 0 Å². The quantitative estimate of drug-likeness (QED) is 0.687. The Morgan fingerprint density at radius 1 is 1.29 bits per heavy atom. The summed E-state index contributed by atoms with van der Waals surface area (Å²) in [6.45, 7) is 4.45. The Morgan fingerprint density at radius 2 is 2.05 bits per heavy atom. The summed E-state index contributed by atoms with van der Waals surface area (Å²) in [7, 11) is 1.43. The van der Waals surface area contributed by atoms with Gasteiger partial charge in [-0.3, -0.25) is 4.79 Å². The lowest BCUT2D eigenvalue weighted by molar-refractivity contribution is -0.121. The minimum absolute atomic E-state index is 0. The number of benzene rings is 1. The topological polar surface area (TPSA) is 50.4 Å². The first kappa shape index (κ1) is 19.7. The third-order valence-electron chi connectivity index (χ3n) is 2.91. The number of carbonyl (C=O) groups excluding carboxylic acids is 1. The second-order valence-electron chi connectivity index (χ2n) is 4.57. The molecule has 0 spiro atoms. The largest absolute Gasteiger partial charge is 0.494 e. The minimum Gasteiger partial charge on any atom is -0.494 e. The molecule has 4 nitrogen and oxygen atoms in total. The Hall–Kier alpha value is -1.33. The summed E-state index contributed by atoms with van der Waals surface area (Å²) >= 11 is 0. The number of nitrogens with one attached hydrogen (secondary N) is 2. The zero-order valence-electron chi connectivity index (χ0n) is 12.6. The lowest BCUT2D eigenvalue weighted by Gasteiger charge is -2.07. The zero-order chi connectivity index (χ0) is 14.8. The number of carbonyl (C=O) groups is 1. The number of methoxy groups -OCH3 is 1. The molecule has 0 aliphatic rings.